The molecule has 32 heavy (non-hydrogen) atoms. The Kier molecular flexibility index (Phi) is 7.56. The largest absolute Gasteiger partial charge is 0.481 e. The fourth-order valence-corrected chi connectivity index (χ4v) is 5.15. The number of aryl methyl sites for hydroxylation is 1. The first-order valence-electron chi connectivity index (χ1n) is 11.0. The van der Waals surface area contributed by atoms with Crippen molar-refractivity contribution >= 4 is 15.8 Å². The lowest BCUT2D eigenvalue weighted by atomic mass is 9.91. The van der Waals surface area contributed by atoms with E-state index in [1.807, 2.05) is 44.0 Å². The quantitative estimate of drug-likeness (QED) is 0.599. The van der Waals surface area contributed by atoms with Crippen molar-refractivity contribution in [2.45, 2.75) is 57.7 Å². The number of nitrogens with one attached hydrogen (secondary N) is 2. The standard InChI is InChI=1S/C24H34N4O3S/c1-16(2)28(4)15-17(3)32(25,30)27-23(29)14-22-20-8-6-7-18(20)9-10-21(22)19-11-12-26-24(13-19)31-5/h9-13,16-17H,6-8,14-15H2,1-5H3,(H2,25,27,29,30). The van der Waals surface area contributed by atoms with Crippen LogP contribution in [0.5, 0.6) is 5.88 Å². The van der Waals surface area contributed by atoms with Crippen LogP contribution in [0.25, 0.3) is 11.1 Å². The summed E-state index contributed by atoms with van der Waals surface area (Å²) in [7, 11) is 0.225. The van der Waals surface area contributed by atoms with Gasteiger partial charge < -0.3 is 9.64 Å². The van der Waals surface area contributed by atoms with Crippen molar-refractivity contribution in [3.63, 3.8) is 0 Å². The van der Waals surface area contributed by atoms with Crippen molar-refractivity contribution in [3.8, 4) is 17.0 Å². The molecule has 8 heteroatoms. The Morgan fingerprint density at radius 2 is 2.03 bits per heavy atom. The molecule has 1 aliphatic carbocycles. The van der Waals surface area contributed by atoms with Crippen LogP contribution in [-0.2, 0) is 34.0 Å². The minimum atomic E-state index is -3.28. The summed E-state index contributed by atoms with van der Waals surface area (Å²) in [6, 6.07) is 8.20. The van der Waals surface area contributed by atoms with Gasteiger partial charge in [-0.1, -0.05) is 12.1 Å². The normalized spacial score (nSPS) is 16.0. The van der Waals surface area contributed by atoms with E-state index in [9.17, 15) is 9.00 Å². The fraction of sp³-hybridized carbons (Fsp3) is 0.500. The molecular formula is C24H34N4O3S. The number of carbonyl (C=O) groups is 1. The number of rotatable bonds is 9. The summed E-state index contributed by atoms with van der Waals surface area (Å²) in [4.78, 5) is 19.2. The molecule has 1 heterocycles. The third kappa shape index (κ3) is 5.48. The molecule has 0 radical (unpaired) electrons. The van der Waals surface area contributed by atoms with Gasteiger partial charge in [-0.25, -0.2) is 14.0 Å². The molecule has 174 valence electrons. The molecule has 0 saturated heterocycles. The summed E-state index contributed by atoms with van der Waals surface area (Å²) in [6.07, 6.45) is 4.75. The third-order valence-corrected chi connectivity index (χ3v) is 8.07. The summed E-state index contributed by atoms with van der Waals surface area (Å²) in [5.41, 5.74) is 5.26. The Labute approximate surface area is 191 Å². The molecule has 1 aromatic carbocycles. The number of methoxy groups -OCH3 is 1. The summed E-state index contributed by atoms with van der Waals surface area (Å²) in [5, 5.41) is -0.482. The molecule has 0 spiro atoms. The Balaban J connectivity index is 1.86. The van der Waals surface area contributed by atoms with Crippen molar-refractivity contribution in [3.05, 3.63) is 47.2 Å². The highest BCUT2D eigenvalue weighted by Gasteiger charge is 2.25. The van der Waals surface area contributed by atoms with E-state index in [-0.39, 0.29) is 18.4 Å². The maximum atomic E-state index is 13.0. The summed E-state index contributed by atoms with van der Waals surface area (Å²) < 4.78 is 29.1. The van der Waals surface area contributed by atoms with E-state index in [0.29, 0.717) is 12.4 Å². The number of fused-ring (bicyclic) bond motifs is 1. The monoisotopic (exact) mass is 458 g/mol. The lowest BCUT2D eigenvalue weighted by molar-refractivity contribution is -0.118. The molecule has 2 N–H and O–H groups in total. The van der Waals surface area contributed by atoms with Crippen LogP contribution in [-0.4, -0.2) is 52.0 Å². The van der Waals surface area contributed by atoms with Gasteiger partial charge in [-0.3, -0.25) is 9.52 Å². The van der Waals surface area contributed by atoms with E-state index < -0.39 is 15.2 Å². The summed E-state index contributed by atoms with van der Waals surface area (Å²) in [5.74, 6) is 0.127. The maximum absolute atomic E-state index is 13.0. The number of hydrogen-bond acceptors (Lipinski definition) is 6. The van der Waals surface area contributed by atoms with Gasteiger partial charge in [-0.05, 0) is 81.0 Å². The number of pyridine rings is 1. The van der Waals surface area contributed by atoms with Gasteiger partial charge in [0.25, 0.3) is 0 Å². The van der Waals surface area contributed by atoms with Crippen molar-refractivity contribution in [1.29, 1.82) is 4.78 Å². The van der Waals surface area contributed by atoms with Gasteiger partial charge >= 0.3 is 0 Å². The van der Waals surface area contributed by atoms with E-state index in [2.05, 4.69) is 15.8 Å². The van der Waals surface area contributed by atoms with Crippen LogP contribution in [0.15, 0.2) is 30.5 Å². The van der Waals surface area contributed by atoms with Crippen LogP contribution >= 0.6 is 0 Å². The molecule has 3 rings (SSSR count). The molecule has 7 nitrogen and oxygen atoms in total. The molecule has 2 atom stereocenters. The van der Waals surface area contributed by atoms with Gasteiger partial charge in [-0.2, -0.15) is 0 Å². The lowest BCUT2D eigenvalue weighted by Crippen LogP contribution is -2.43. The molecule has 0 aliphatic heterocycles. The minimum absolute atomic E-state index is 0.0890. The highest BCUT2D eigenvalue weighted by molar-refractivity contribution is 7.91. The third-order valence-electron chi connectivity index (χ3n) is 6.25. The van der Waals surface area contributed by atoms with Crippen molar-refractivity contribution in [1.82, 2.24) is 14.6 Å². The minimum Gasteiger partial charge on any atom is -0.481 e. The second kappa shape index (κ2) is 10.0. The van der Waals surface area contributed by atoms with Crippen LogP contribution in [0.4, 0.5) is 0 Å². The van der Waals surface area contributed by atoms with E-state index in [1.54, 1.807) is 20.2 Å². The van der Waals surface area contributed by atoms with Crippen LogP contribution in [0.2, 0.25) is 0 Å². The zero-order chi connectivity index (χ0) is 23.5. The predicted octanol–water partition coefficient (Wildman–Crippen LogP) is 3.60. The second-order valence-corrected chi connectivity index (χ2v) is 11.0. The van der Waals surface area contributed by atoms with Gasteiger partial charge in [0.2, 0.25) is 11.8 Å². The first kappa shape index (κ1) is 24.2. The van der Waals surface area contributed by atoms with E-state index in [4.69, 9.17) is 9.52 Å². The number of carbonyl (C=O) groups excluding carboxylic acids is 1. The second-order valence-electron chi connectivity index (χ2n) is 8.82. The average molecular weight is 459 g/mol. The molecule has 2 unspecified atom stereocenters. The number of aromatic nitrogens is 1. The van der Waals surface area contributed by atoms with Crippen LogP contribution in [0, 0.1) is 4.78 Å². The molecule has 0 saturated carbocycles. The first-order chi connectivity index (χ1) is 15.1. The molecule has 1 aliphatic rings. The van der Waals surface area contributed by atoms with Crippen molar-refractivity contribution in [2.24, 2.45) is 0 Å². The number of nitrogens with zero attached hydrogens (tertiary/aromatic N) is 2. The summed E-state index contributed by atoms with van der Waals surface area (Å²) >= 11 is 0. The van der Waals surface area contributed by atoms with Gasteiger partial charge in [0, 0.05) is 24.8 Å². The zero-order valence-corrected chi connectivity index (χ0v) is 20.4. The maximum Gasteiger partial charge on any atom is 0.236 e. The molecule has 0 fully saturated rings. The van der Waals surface area contributed by atoms with Crippen molar-refractivity contribution in [2.75, 3.05) is 20.7 Å². The van der Waals surface area contributed by atoms with Crippen LogP contribution < -0.4 is 9.46 Å². The van der Waals surface area contributed by atoms with Gasteiger partial charge in [0.05, 0.1) is 18.8 Å². The molecular weight excluding hydrogens is 424 g/mol. The number of hydrogen-bond donors (Lipinski definition) is 2. The molecule has 0 bridgehead atoms. The van der Waals surface area contributed by atoms with Crippen LogP contribution in [0.1, 0.15) is 43.9 Å². The number of ether oxygens (including phenoxy) is 1. The molecule has 2 aromatic rings. The van der Waals surface area contributed by atoms with Gasteiger partial charge in [0.15, 0.2) is 0 Å². The van der Waals surface area contributed by atoms with Gasteiger partial charge in [-0.15, -0.1) is 0 Å². The van der Waals surface area contributed by atoms with Crippen molar-refractivity contribution < 1.29 is 13.7 Å². The SMILES string of the molecule is COc1cc(-c2ccc3c(c2CC(=O)NS(=N)(=O)C(C)CN(C)C(C)C)CCC3)ccn1. The topological polar surface area (TPSA) is 95.4 Å². The first-order valence-corrected chi connectivity index (χ1v) is 12.7. The highest BCUT2D eigenvalue weighted by atomic mass is 32.2. The van der Waals surface area contributed by atoms with E-state index in [1.165, 1.54) is 11.1 Å². The Morgan fingerprint density at radius 3 is 2.72 bits per heavy atom. The number of amides is 1. The smallest absolute Gasteiger partial charge is 0.236 e. The predicted molar refractivity (Wildman–Crippen MR) is 128 cm³/mol. The fourth-order valence-electron chi connectivity index (χ4n) is 4.09. The lowest BCUT2D eigenvalue weighted by Gasteiger charge is -2.26. The Morgan fingerprint density at radius 1 is 1.28 bits per heavy atom. The average Bonchev–Trinajstić information content (AvgIpc) is 3.22. The van der Waals surface area contributed by atoms with E-state index >= 15 is 0 Å². The number of benzene rings is 1. The molecule has 1 amide bonds. The van der Waals surface area contributed by atoms with E-state index in [0.717, 1.165) is 36.0 Å². The summed E-state index contributed by atoms with van der Waals surface area (Å²) in [6.45, 7) is 6.32. The Bertz CT molecular complexity index is 1080. The molecule has 1 aromatic heterocycles. The Hall–Kier alpha value is -2.45. The highest BCUT2D eigenvalue weighted by Crippen LogP contribution is 2.34. The van der Waals surface area contributed by atoms with Gasteiger partial charge in [0.1, 0.15) is 9.92 Å². The van der Waals surface area contributed by atoms with Crippen LogP contribution in [0.3, 0.4) is 0 Å². The zero-order valence-electron chi connectivity index (χ0n) is 19.6.